The van der Waals surface area contributed by atoms with Gasteiger partial charge in [-0.1, -0.05) is 6.07 Å². The third kappa shape index (κ3) is 3.18. The third-order valence-corrected chi connectivity index (χ3v) is 5.02. The summed E-state index contributed by atoms with van der Waals surface area (Å²) >= 11 is 4.73. The fourth-order valence-corrected chi connectivity index (χ4v) is 3.89. The number of imide groups is 2. The first-order chi connectivity index (χ1) is 11.3. The maximum Gasteiger partial charge on any atom is 0.335 e. The molecule has 0 bridgehead atoms. The molecule has 0 radical (unpaired) electrons. The van der Waals surface area contributed by atoms with Gasteiger partial charge in [0.2, 0.25) is 0 Å². The van der Waals surface area contributed by atoms with Crippen molar-refractivity contribution in [1.82, 2.24) is 5.32 Å². The van der Waals surface area contributed by atoms with Crippen molar-refractivity contribution >= 4 is 56.9 Å². The van der Waals surface area contributed by atoms with Gasteiger partial charge in [0, 0.05) is 4.88 Å². The molecule has 1 aromatic heterocycles. The zero-order valence-electron chi connectivity index (χ0n) is 12.9. The fraction of sp³-hybridized carbons (Fsp3) is 0.118. The summed E-state index contributed by atoms with van der Waals surface area (Å²) in [4.78, 5) is 38.8. The summed E-state index contributed by atoms with van der Waals surface area (Å²) in [5.74, 6) is -1.31. The first kappa shape index (κ1) is 16.6. The highest BCUT2D eigenvalue weighted by Crippen LogP contribution is 2.27. The van der Waals surface area contributed by atoms with Crippen molar-refractivity contribution in [2.24, 2.45) is 0 Å². The molecule has 0 unspecified atom stereocenters. The van der Waals surface area contributed by atoms with Crippen molar-refractivity contribution in [2.45, 2.75) is 13.8 Å². The molecule has 0 aliphatic carbocycles. The summed E-state index contributed by atoms with van der Waals surface area (Å²) in [5.41, 5.74) is 2.23. The number of carbonyl (C=O) groups is 3. The van der Waals surface area contributed by atoms with E-state index in [0.717, 1.165) is 24.7 Å². The number of nitrogens with one attached hydrogen (secondary N) is 1. The van der Waals surface area contributed by atoms with E-state index in [9.17, 15) is 14.4 Å². The Kier molecular flexibility index (Phi) is 4.38. The van der Waals surface area contributed by atoms with Gasteiger partial charge in [0.05, 0.1) is 9.47 Å². The molecule has 0 atom stereocenters. The van der Waals surface area contributed by atoms with Crippen LogP contribution in [0.15, 0.2) is 39.7 Å². The average molecular weight is 405 g/mol. The second-order valence-corrected chi connectivity index (χ2v) is 7.94. The molecule has 2 aromatic rings. The predicted octanol–water partition coefficient (Wildman–Crippen LogP) is 3.79. The molecule has 4 amide bonds. The molecule has 24 heavy (non-hydrogen) atoms. The molecule has 1 fully saturated rings. The van der Waals surface area contributed by atoms with Crippen LogP contribution >= 0.6 is 27.3 Å². The molecule has 122 valence electrons. The van der Waals surface area contributed by atoms with Crippen LogP contribution in [0, 0.1) is 13.8 Å². The topological polar surface area (TPSA) is 66.5 Å². The van der Waals surface area contributed by atoms with Gasteiger partial charge in [0.25, 0.3) is 11.8 Å². The van der Waals surface area contributed by atoms with Crippen molar-refractivity contribution in [3.63, 3.8) is 0 Å². The van der Waals surface area contributed by atoms with Gasteiger partial charge in [-0.3, -0.25) is 14.9 Å². The molecule has 7 heteroatoms. The molecule has 3 rings (SSSR count). The Morgan fingerprint density at radius 1 is 1.08 bits per heavy atom. The Hall–Kier alpha value is -2.25. The van der Waals surface area contributed by atoms with Gasteiger partial charge in [0.1, 0.15) is 5.57 Å². The summed E-state index contributed by atoms with van der Waals surface area (Å²) in [6.45, 7) is 3.77. The van der Waals surface area contributed by atoms with E-state index in [4.69, 9.17) is 0 Å². The molecule has 1 saturated heterocycles. The lowest BCUT2D eigenvalue weighted by atomic mass is 10.1. The van der Waals surface area contributed by atoms with Crippen LogP contribution in [0.4, 0.5) is 10.5 Å². The smallest absolute Gasteiger partial charge is 0.273 e. The maximum absolute atomic E-state index is 12.7. The van der Waals surface area contributed by atoms with Crippen LogP contribution in [-0.4, -0.2) is 17.8 Å². The van der Waals surface area contributed by atoms with Crippen molar-refractivity contribution < 1.29 is 14.4 Å². The standard InChI is InChI=1S/C17H13BrN2O3S/c1-9-5-10(2)7-11(6-9)20-16(22)13(15(21)19-17(20)23)8-12-3-4-14(18)24-12/h3-8H,1-2H3,(H,19,21,23)/b13-8+. The summed E-state index contributed by atoms with van der Waals surface area (Å²) in [6.07, 6.45) is 1.50. The van der Waals surface area contributed by atoms with Crippen molar-refractivity contribution in [1.29, 1.82) is 0 Å². The van der Waals surface area contributed by atoms with Gasteiger partial charge in [-0.15, -0.1) is 11.3 Å². The lowest BCUT2D eigenvalue weighted by Gasteiger charge is -2.26. The minimum absolute atomic E-state index is 0.0666. The number of thiophene rings is 1. The lowest BCUT2D eigenvalue weighted by Crippen LogP contribution is -2.54. The lowest BCUT2D eigenvalue weighted by molar-refractivity contribution is -0.122. The van der Waals surface area contributed by atoms with Gasteiger partial charge in [-0.05, 0) is 71.2 Å². The van der Waals surface area contributed by atoms with Crippen LogP contribution < -0.4 is 10.2 Å². The largest absolute Gasteiger partial charge is 0.335 e. The number of urea groups is 1. The fourth-order valence-electron chi connectivity index (χ4n) is 2.52. The predicted molar refractivity (Wildman–Crippen MR) is 96.9 cm³/mol. The van der Waals surface area contributed by atoms with Crippen LogP contribution in [0.25, 0.3) is 6.08 Å². The van der Waals surface area contributed by atoms with Gasteiger partial charge in [0.15, 0.2) is 0 Å². The minimum atomic E-state index is -0.737. The van der Waals surface area contributed by atoms with Crippen molar-refractivity contribution in [2.75, 3.05) is 4.90 Å². The van der Waals surface area contributed by atoms with Gasteiger partial charge >= 0.3 is 6.03 Å². The Balaban J connectivity index is 2.04. The number of rotatable bonds is 2. The van der Waals surface area contributed by atoms with E-state index in [-0.39, 0.29) is 5.57 Å². The number of anilines is 1. The van der Waals surface area contributed by atoms with Gasteiger partial charge in [-0.25, -0.2) is 9.69 Å². The van der Waals surface area contributed by atoms with Crippen LogP contribution in [-0.2, 0) is 9.59 Å². The van der Waals surface area contributed by atoms with Crippen LogP contribution in [0.5, 0.6) is 0 Å². The molecule has 0 spiro atoms. The van der Waals surface area contributed by atoms with E-state index in [1.54, 1.807) is 18.2 Å². The number of halogens is 1. The number of hydrogen-bond donors (Lipinski definition) is 1. The number of benzene rings is 1. The monoisotopic (exact) mass is 404 g/mol. The van der Waals surface area contributed by atoms with Crippen molar-refractivity contribution in [3.8, 4) is 0 Å². The summed E-state index contributed by atoms with van der Waals surface area (Å²) in [6, 6.07) is 8.30. The molecule has 1 N–H and O–H groups in total. The van der Waals surface area contributed by atoms with E-state index in [2.05, 4.69) is 21.2 Å². The quantitative estimate of drug-likeness (QED) is 0.611. The van der Waals surface area contributed by atoms with Crippen LogP contribution in [0.3, 0.4) is 0 Å². The second-order valence-electron chi connectivity index (χ2n) is 5.45. The highest BCUT2D eigenvalue weighted by atomic mass is 79.9. The minimum Gasteiger partial charge on any atom is -0.273 e. The van der Waals surface area contributed by atoms with E-state index in [1.807, 2.05) is 26.0 Å². The summed E-state index contributed by atoms with van der Waals surface area (Å²) in [5, 5.41) is 2.23. The van der Waals surface area contributed by atoms with Crippen LogP contribution in [0.1, 0.15) is 16.0 Å². The summed E-state index contributed by atoms with van der Waals surface area (Å²) in [7, 11) is 0. The SMILES string of the molecule is Cc1cc(C)cc(N2C(=O)NC(=O)/C(=C\c3ccc(Br)s3)C2=O)c1. The van der Waals surface area contributed by atoms with E-state index in [0.29, 0.717) is 5.69 Å². The first-order valence-corrected chi connectivity index (χ1v) is 8.71. The normalized spacial score (nSPS) is 16.7. The number of aryl methyl sites for hydroxylation is 2. The first-order valence-electron chi connectivity index (χ1n) is 7.10. The molecule has 1 aliphatic rings. The number of nitrogens with zero attached hydrogens (tertiary/aromatic N) is 1. The summed E-state index contributed by atoms with van der Waals surface area (Å²) < 4.78 is 0.889. The molecular weight excluding hydrogens is 392 g/mol. The van der Waals surface area contributed by atoms with Crippen LogP contribution in [0.2, 0.25) is 0 Å². The highest BCUT2D eigenvalue weighted by Gasteiger charge is 2.37. The molecule has 0 saturated carbocycles. The molecule has 2 heterocycles. The van der Waals surface area contributed by atoms with E-state index >= 15 is 0 Å². The Labute approximate surface area is 151 Å². The van der Waals surface area contributed by atoms with E-state index in [1.165, 1.54) is 17.4 Å². The number of amides is 4. The Morgan fingerprint density at radius 3 is 2.33 bits per heavy atom. The molecule has 1 aromatic carbocycles. The maximum atomic E-state index is 12.7. The van der Waals surface area contributed by atoms with Crippen molar-refractivity contribution in [3.05, 3.63) is 55.7 Å². The zero-order valence-corrected chi connectivity index (χ0v) is 15.3. The number of hydrogen-bond acceptors (Lipinski definition) is 4. The van der Waals surface area contributed by atoms with Gasteiger partial charge < -0.3 is 0 Å². The Bertz CT molecular complexity index is 881. The van der Waals surface area contributed by atoms with E-state index < -0.39 is 17.8 Å². The molecule has 1 aliphatic heterocycles. The third-order valence-electron chi connectivity index (χ3n) is 3.45. The van der Waals surface area contributed by atoms with Gasteiger partial charge in [-0.2, -0.15) is 0 Å². The Morgan fingerprint density at radius 2 is 1.75 bits per heavy atom. The second kappa shape index (κ2) is 6.33. The average Bonchev–Trinajstić information content (AvgIpc) is 2.87. The number of barbiturate groups is 1. The molecular formula is C17H13BrN2O3S. The zero-order chi connectivity index (χ0) is 17.4. The molecule has 5 nitrogen and oxygen atoms in total. The number of carbonyl (C=O) groups excluding carboxylic acids is 3. The highest BCUT2D eigenvalue weighted by molar-refractivity contribution is 9.11.